The minimum absolute atomic E-state index is 0.0818. The summed E-state index contributed by atoms with van der Waals surface area (Å²) in [5.41, 5.74) is 2.22. The van der Waals surface area contributed by atoms with Gasteiger partial charge in [-0.15, -0.1) is 0 Å². The molecule has 140 valence electrons. The van der Waals surface area contributed by atoms with E-state index in [1.807, 2.05) is 36.4 Å². The second kappa shape index (κ2) is 8.48. The highest BCUT2D eigenvalue weighted by Crippen LogP contribution is 2.14. The van der Waals surface area contributed by atoms with Crippen LogP contribution in [0.3, 0.4) is 0 Å². The van der Waals surface area contributed by atoms with Crippen LogP contribution in [-0.2, 0) is 16.6 Å². The average Bonchev–Trinajstić information content (AvgIpc) is 2.74. The van der Waals surface area contributed by atoms with Gasteiger partial charge >= 0.3 is 0 Å². The highest BCUT2D eigenvalue weighted by atomic mass is 32.2. The maximum atomic E-state index is 12.4. The summed E-state index contributed by atoms with van der Waals surface area (Å²) >= 11 is 0. The van der Waals surface area contributed by atoms with Gasteiger partial charge in [0.2, 0.25) is 10.0 Å². The van der Waals surface area contributed by atoms with Crippen molar-refractivity contribution < 1.29 is 13.2 Å². The van der Waals surface area contributed by atoms with E-state index in [1.54, 1.807) is 24.3 Å². The van der Waals surface area contributed by atoms with Crippen molar-refractivity contribution in [1.82, 2.24) is 4.72 Å². The molecule has 2 N–H and O–H groups in total. The first-order chi connectivity index (χ1) is 13.5. The average molecular weight is 391 g/mol. The molecular weight excluding hydrogens is 374 g/mol. The van der Waals surface area contributed by atoms with Crippen LogP contribution < -0.4 is 10.0 Å². The van der Waals surface area contributed by atoms with E-state index in [4.69, 9.17) is 5.26 Å². The monoisotopic (exact) mass is 391 g/mol. The molecule has 6 nitrogen and oxygen atoms in total. The topological polar surface area (TPSA) is 99.1 Å². The Morgan fingerprint density at radius 3 is 2.14 bits per heavy atom. The molecule has 0 bridgehead atoms. The fourth-order valence-electron chi connectivity index (χ4n) is 2.47. The lowest BCUT2D eigenvalue weighted by Crippen LogP contribution is -2.23. The number of benzene rings is 3. The van der Waals surface area contributed by atoms with Gasteiger partial charge in [0.05, 0.1) is 16.5 Å². The summed E-state index contributed by atoms with van der Waals surface area (Å²) in [5, 5.41) is 11.5. The Bertz CT molecular complexity index is 1100. The second-order valence-corrected chi connectivity index (χ2v) is 7.74. The number of carbonyl (C=O) groups is 1. The molecular formula is C21H17N3O3S. The van der Waals surface area contributed by atoms with Gasteiger partial charge in [0, 0.05) is 17.8 Å². The summed E-state index contributed by atoms with van der Waals surface area (Å²) in [6.45, 7) is 0.185. The van der Waals surface area contributed by atoms with Gasteiger partial charge in [0.25, 0.3) is 5.91 Å². The second-order valence-electron chi connectivity index (χ2n) is 5.98. The summed E-state index contributed by atoms with van der Waals surface area (Å²) in [6.07, 6.45) is 0. The van der Waals surface area contributed by atoms with Gasteiger partial charge in [0.1, 0.15) is 0 Å². The van der Waals surface area contributed by atoms with E-state index >= 15 is 0 Å². The molecule has 3 rings (SSSR count). The van der Waals surface area contributed by atoms with Crippen LogP contribution in [0.4, 0.5) is 5.69 Å². The number of nitrogens with zero attached hydrogens (tertiary/aromatic N) is 1. The van der Waals surface area contributed by atoms with Gasteiger partial charge in [-0.2, -0.15) is 5.26 Å². The lowest BCUT2D eigenvalue weighted by molar-refractivity contribution is 0.102. The summed E-state index contributed by atoms with van der Waals surface area (Å²) in [7, 11) is -3.68. The van der Waals surface area contributed by atoms with Crippen molar-refractivity contribution in [2.24, 2.45) is 0 Å². The number of hydrogen-bond acceptors (Lipinski definition) is 4. The van der Waals surface area contributed by atoms with Crippen LogP contribution in [0.15, 0.2) is 83.8 Å². The summed E-state index contributed by atoms with van der Waals surface area (Å²) < 4.78 is 27.3. The van der Waals surface area contributed by atoms with Gasteiger partial charge < -0.3 is 5.32 Å². The van der Waals surface area contributed by atoms with Crippen molar-refractivity contribution in [3.05, 3.63) is 95.6 Å². The van der Waals surface area contributed by atoms with E-state index in [9.17, 15) is 13.2 Å². The van der Waals surface area contributed by atoms with E-state index in [2.05, 4.69) is 10.0 Å². The Morgan fingerprint density at radius 2 is 1.54 bits per heavy atom. The zero-order chi connectivity index (χ0) is 20.0. The van der Waals surface area contributed by atoms with Crippen LogP contribution in [0.5, 0.6) is 0 Å². The van der Waals surface area contributed by atoms with E-state index < -0.39 is 10.0 Å². The third-order valence-corrected chi connectivity index (χ3v) is 5.42. The molecule has 0 radical (unpaired) electrons. The molecule has 0 fully saturated rings. The molecule has 0 heterocycles. The molecule has 0 aliphatic heterocycles. The molecule has 0 saturated heterocycles. The van der Waals surface area contributed by atoms with Crippen molar-refractivity contribution in [2.45, 2.75) is 11.4 Å². The quantitative estimate of drug-likeness (QED) is 0.673. The fraction of sp³-hybridized carbons (Fsp3) is 0.0476. The first kappa shape index (κ1) is 19.3. The smallest absolute Gasteiger partial charge is 0.255 e. The lowest BCUT2D eigenvalue weighted by atomic mass is 10.2. The minimum atomic E-state index is -3.68. The predicted molar refractivity (Wildman–Crippen MR) is 106 cm³/mol. The van der Waals surface area contributed by atoms with Gasteiger partial charge in [-0.1, -0.05) is 30.3 Å². The molecule has 3 aromatic carbocycles. The number of carbonyl (C=O) groups excluding carboxylic acids is 1. The molecule has 0 atom stereocenters. The van der Waals surface area contributed by atoms with Crippen LogP contribution >= 0.6 is 0 Å². The summed E-state index contributed by atoms with van der Waals surface area (Å²) in [4.78, 5) is 12.4. The van der Waals surface area contributed by atoms with E-state index in [0.29, 0.717) is 16.8 Å². The Kier molecular flexibility index (Phi) is 5.84. The molecule has 7 heteroatoms. The molecule has 0 saturated carbocycles. The molecule has 0 aliphatic carbocycles. The van der Waals surface area contributed by atoms with Gasteiger partial charge in [-0.25, -0.2) is 13.1 Å². The van der Waals surface area contributed by atoms with E-state index in [-0.39, 0.29) is 17.3 Å². The summed E-state index contributed by atoms with van der Waals surface area (Å²) in [6, 6.07) is 23.4. The van der Waals surface area contributed by atoms with Crippen LogP contribution in [0.25, 0.3) is 0 Å². The molecule has 3 aromatic rings. The number of rotatable bonds is 6. The Balaban J connectivity index is 1.66. The number of amides is 1. The van der Waals surface area contributed by atoms with Crippen molar-refractivity contribution >= 4 is 21.6 Å². The molecule has 1 amide bonds. The number of hydrogen-bond donors (Lipinski definition) is 2. The normalized spacial score (nSPS) is 10.8. The number of nitrogens with one attached hydrogen (secondary N) is 2. The first-order valence-electron chi connectivity index (χ1n) is 8.43. The molecule has 28 heavy (non-hydrogen) atoms. The molecule has 0 aromatic heterocycles. The van der Waals surface area contributed by atoms with Crippen molar-refractivity contribution in [1.29, 1.82) is 5.26 Å². The standard InChI is InChI=1S/C21H17N3O3S/c22-14-16-6-10-19(11-7-16)24-21(25)18-8-12-20(13-9-18)28(26,27)23-15-17-4-2-1-3-5-17/h1-13,23H,15H2,(H,24,25). The Labute approximate surface area is 163 Å². The highest BCUT2D eigenvalue weighted by molar-refractivity contribution is 7.89. The Morgan fingerprint density at radius 1 is 0.893 bits per heavy atom. The maximum absolute atomic E-state index is 12.4. The SMILES string of the molecule is N#Cc1ccc(NC(=O)c2ccc(S(=O)(=O)NCc3ccccc3)cc2)cc1. The number of nitriles is 1. The van der Waals surface area contributed by atoms with E-state index in [1.165, 1.54) is 24.3 Å². The van der Waals surface area contributed by atoms with Crippen LogP contribution in [0, 0.1) is 11.3 Å². The van der Waals surface area contributed by atoms with Crippen molar-refractivity contribution in [3.63, 3.8) is 0 Å². The maximum Gasteiger partial charge on any atom is 0.255 e. The molecule has 0 aliphatic rings. The zero-order valence-corrected chi connectivity index (χ0v) is 15.6. The fourth-order valence-corrected chi connectivity index (χ4v) is 3.49. The predicted octanol–water partition coefficient (Wildman–Crippen LogP) is 3.29. The number of sulfonamides is 1. The van der Waals surface area contributed by atoms with Gasteiger partial charge in [-0.3, -0.25) is 4.79 Å². The van der Waals surface area contributed by atoms with Crippen LogP contribution in [0.2, 0.25) is 0 Å². The third kappa shape index (κ3) is 4.82. The lowest BCUT2D eigenvalue weighted by Gasteiger charge is -2.08. The molecule has 0 spiro atoms. The Hall–Kier alpha value is -3.47. The van der Waals surface area contributed by atoms with Gasteiger partial charge in [-0.05, 0) is 54.1 Å². The van der Waals surface area contributed by atoms with Crippen molar-refractivity contribution in [2.75, 3.05) is 5.32 Å². The van der Waals surface area contributed by atoms with Crippen LogP contribution in [-0.4, -0.2) is 14.3 Å². The van der Waals surface area contributed by atoms with Gasteiger partial charge in [0.15, 0.2) is 0 Å². The highest BCUT2D eigenvalue weighted by Gasteiger charge is 2.15. The third-order valence-electron chi connectivity index (χ3n) is 4.01. The molecule has 0 unspecified atom stereocenters. The summed E-state index contributed by atoms with van der Waals surface area (Å²) in [5.74, 6) is -0.370. The number of anilines is 1. The minimum Gasteiger partial charge on any atom is -0.322 e. The zero-order valence-electron chi connectivity index (χ0n) is 14.8. The first-order valence-corrected chi connectivity index (χ1v) is 9.91. The van der Waals surface area contributed by atoms with Crippen molar-refractivity contribution in [3.8, 4) is 6.07 Å². The largest absolute Gasteiger partial charge is 0.322 e. The van der Waals surface area contributed by atoms with Crippen LogP contribution in [0.1, 0.15) is 21.5 Å². The van der Waals surface area contributed by atoms with E-state index in [0.717, 1.165) is 5.56 Å².